The summed E-state index contributed by atoms with van der Waals surface area (Å²) in [5, 5.41) is 3.57. The Morgan fingerprint density at radius 2 is 1.58 bits per heavy atom. The molecule has 116 valence electrons. The first-order valence-corrected chi connectivity index (χ1v) is 8.60. The van der Waals surface area contributed by atoms with Crippen molar-refractivity contribution in [3.05, 3.63) is 0 Å². The van der Waals surface area contributed by atoms with Gasteiger partial charge < -0.3 is 10.1 Å². The van der Waals surface area contributed by atoms with E-state index in [0.29, 0.717) is 10.3 Å². The van der Waals surface area contributed by atoms with Gasteiger partial charge in [-0.25, -0.2) is 0 Å². The van der Waals surface area contributed by atoms with Crippen LogP contribution in [0.2, 0.25) is 0 Å². The summed E-state index contributed by atoms with van der Waals surface area (Å²) in [6, 6.07) is 0. The van der Waals surface area contributed by atoms with Crippen molar-refractivity contribution < 1.29 is 4.79 Å². The summed E-state index contributed by atoms with van der Waals surface area (Å²) >= 11 is 2.10. The molecule has 1 rings (SSSR count). The van der Waals surface area contributed by atoms with Crippen molar-refractivity contribution in [2.45, 2.75) is 83.9 Å². The lowest BCUT2D eigenvalue weighted by Crippen LogP contribution is -2.47. The highest BCUT2D eigenvalue weighted by Crippen LogP contribution is 2.34. The summed E-state index contributed by atoms with van der Waals surface area (Å²) in [5.74, 6) is 1.27. The maximum atomic E-state index is 8.81. The molecule has 0 aliphatic heterocycles. The van der Waals surface area contributed by atoms with Gasteiger partial charge in [-0.1, -0.05) is 53.9 Å². The molecule has 0 aromatic carbocycles. The minimum Gasteiger partial charge on any atom is -0.313 e. The average molecular weight is 290 g/mol. The Kier molecular flexibility index (Phi) is 13.2. The highest BCUT2D eigenvalue weighted by Gasteiger charge is 2.31. The molecule has 1 aliphatic carbocycles. The molecule has 0 heterocycles. The lowest BCUT2D eigenvalue weighted by Gasteiger charge is -2.38. The SMILES string of the molecule is CC.CC=O.CNC1(CSC(C)(C)C)CCCCC1. The maximum absolute atomic E-state index is 8.81. The van der Waals surface area contributed by atoms with Crippen LogP contribution in [0, 0.1) is 0 Å². The number of nitrogens with one attached hydrogen (secondary N) is 1. The highest BCUT2D eigenvalue weighted by molar-refractivity contribution is 8.00. The molecule has 0 aromatic rings. The molecular weight excluding hydrogens is 254 g/mol. The summed E-state index contributed by atoms with van der Waals surface area (Å²) < 4.78 is 0.404. The number of carbonyl (C=O) groups is 1. The van der Waals surface area contributed by atoms with Crippen molar-refractivity contribution in [1.29, 1.82) is 0 Å². The third-order valence-electron chi connectivity index (χ3n) is 3.12. The third kappa shape index (κ3) is 11.5. The van der Waals surface area contributed by atoms with Crippen LogP contribution >= 0.6 is 11.8 Å². The zero-order chi connectivity index (χ0) is 15.4. The number of thioether (sulfide) groups is 1. The molecule has 0 bridgehead atoms. The van der Waals surface area contributed by atoms with E-state index in [0.717, 1.165) is 6.29 Å². The second-order valence-electron chi connectivity index (χ2n) is 5.73. The van der Waals surface area contributed by atoms with Gasteiger partial charge in [-0.05, 0) is 26.8 Å². The minimum atomic E-state index is 0.404. The number of aldehydes is 1. The second-order valence-corrected chi connectivity index (χ2v) is 7.53. The highest BCUT2D eigenvalue weighted by atomic mass is 32.2. The van der Waals surface area contributed by atoms with Crippen molar-refractivity contribution in [3.8, 4) is 0 Å². The van der Waals surface area contributed by atoms with E-state index in [2.05, 4.69) is 44.9 Å². The summed E-state index contributed by atoms with van der Waals surface area (Å²) in [4.78, 5) is 8.81. The number of hydrogen-bond acceptors (Lipinski definition) is 3. The standard InChI is InChI=1S/C12H25NS.C2H4O.C2H6/c1-11(2,3)14-10-12(13-4)8-6-5-7-9-12;1-2-3;1-2/h13H,5-10H2,1-4H3;2H,1H3;1-2H3. The molecular formula is C16H35NOS. The topological polar surface area (TPSA) is 29.1 Å². The van der Waals surface area contributed by atoms with Gasteiger partial charge in [-0.2, -0.15) is 11.8 Å². The van der Waals surface area contributed by atoms with Crippen molar-refractivity contribution in [2.24, 2.45) is 0 Å². The third-order valence-corrected chi connectivity index (χ3v) is 4.69. The lowest BCUT2D eigenvalue weighted by atomic mass is 9.83. The summed E-state index contributed by atoms with van der Waals surface area (Å²) in [6.45, 7) is 12.4. The quantitative estimate of drug-likeness (QED) is 0.765. The molecule has 0 saturated heterocycles. The Morgan fingerprint density at radius 1 is 1.16 bits per heavy atom. The average Bonchev–Trinajstić information content (AvgIpc) is 2.40. The molecule has 19 heavy (non-hydrogen) atoms. The predicted molar refractivity (Wildman–Crippen MR) is 90.2 cm³/mol. The van der Waals surface area contributed by atoms with Crippen LogP contribution in [0.5, 0.6) is 0 Å². The second kappa shape index (κ2) is 11.8. The van der Waals surface area contributed by atoms with Gasteiger partial charge in [0.05, 0.1) is 0 Å². The first-order valence-electron chi connectivity index (χ1n) is 7.62. The van der Waals surface area contributed by atoms with Crippen molar-refractivity contribution in [2.75, 3.05) is 12.8 Å². The Morgan fingerprint density at radius 3 is 1.89 bits per heavy atom. The molecule has 0 unspecified atom stereocenters. The molecule has 0 aromatic heterocycles. The lowest BCUT2D eigenvalue weighted by molar-refractivity contribution is -0.106. The van der Waals surface area contributed by atoms with Crippen molar-refractivity contribution in [1.82, 2.24) is 5.32 Å². The Hall–Kier alpha value is -0.0200. The Labute approximate surface area is 125 Å². The van der Waals surface area contributed by atoms with E-state index in [-0.39, 0.29) is 0 Å². The predicted octanol–water partition coefficient (Wildman–Crippen LogP) is 4.67. The molecule has 0 spiro atoms. The largest absolute Gasteiger partial charge is 0.313 e. The fourth-order valence-electron chi connectivity index (χ4n) is 2.05. The monoisotopic (exact) mass is 289 g/mol. The van der Waals surface area contributed by atoms with E-state index in [1.165, 1.54) is 44.8 Å². The number of hydrogen-bond donors (Lipinski definition) is 1. The van der Waals surface area contributed by atoms with E-state index >= 15 is 0 Å². The van der Waals surface area contributed by atoms with Crippen molar-refractivity contribution in [3.63, 3.8) is 0 Å². The van der Waals surface area contributed by atoms with Crippen LogP contribution in [0.4, 0.5) is 0 Å². The van der Waals surface area contributed by atoms with Gasteiger partial charge in [0.2, 0.25) is 0 Å². The fraction of sp³-hybridized carbons (Fsp3) is 0.938. The Balaban J connectivity index is 0. The summed E-state index contributed by atoms with van der Waals surface area (Å²) in [5.41, 5.74) is 0.441. The van der Waals surface area contributed by atoms with E-state index in [1.54, 1.807) is 0 Å². The van der Waals surface area contributed by atoms with Crippen LogP contribution in [-0.4, -0.2) is 29.4 Å². The van der Waals surface area contributed by atoms with Gasteiger partial charge in [0.15, 0.2) is 0 Å². The van der Waals surface area contributed by atoms with E-state index in [4.69, 9.17) is 4.79 Å². The number of carbonyl (C=O) groups excluding carboxylic acids is 1. The van der Waals surface area contributed by atoms with Crippen LogP contribution in [0.15, 0.2) is 0 Å². The fourth-order valence-corrected chi connectivity index (χ4v) is 3.19. The van der Waals surface area contributed by atoms with Crippen LogP contribution < -0.4 is 5.32 Å². The molecule has 2 nitrogen and oxygen atoms in total. The summed E-state index contributed by atoms with van der Waals surface area (Å²) in [7, 11) is 2.13. The molecule has 1 N–H and O–H groups in total. The molecule has 1 aliphatic rings. The van der Waals surface area contributed by atoms with E-state index in [9.17, 15) is 0 Å². The first kappa shape index (κ1) is 21.3. The molecule has 0 amide bonds. The molecule has 3 heteroatoms. The molecule has 0 radical (unpaired) electrons. The van der Waals surface area contributed by atoms with Crippen LogP contribution in [0.3, 0.4) is 0 Å². The zero-order valence-electron chi connectivity index (χ0n) is 14.1. The van der Waals surface area contributed by atoms with Crippen LogP contribution in [0.25, 0.3) is 0 Å². The van der Waals surface area contributed by atoms with Gasteiger partial charge in [0.1, 0.15) is 6.29 Å². The van der Waals surface area contributed by atoms with Crippen LogP contribution in [0.1, 0.15) is 73.6 Å². The normalized spacial score (nSPS) is 17.4. The molecule has 0 atom stereocenters. The summed E-state index contributed by atoms with van der Waals surface area (Å²) in [6.07, 6.45) is 7.74. The molecule has 1 fully saturated rings. The van der Waals surface area contributed by atoms with Crippen molar-refractivity contribution >= 4 is 18.0 Å². The van der Waals surface area contributed by atoms with Gasteiger partial charge in [0, 0.05) is 16.0 Å². The van der Waals surface area contributed by atoms with Crippen LogP contribution in [-0.2, 0) is 4.79 Å². The zero-order valence-corrected chi connectivity index (χ0v) is 15.0. The van der Waals surface area contributed by atoms with Gasteiger partial charge in [-0.15, -0.1) is 0 Å². The molecule has 1 saturated carbocycles. The van der Waals surface area contributed by atoms with Gasteiger partial charge in [-0.3, -0.25) is 0 Å². The van der Waals surface area contributed by atoms with E-state index < -0.39 is 0 Å². The maximum Gasteiger partial charge on any atom is 0.116 e. The van der Waals surface area contributed by atoms with Gasteiger partial charge in [0.25, 0.3) is 0 Å². The Bertz CT molecular complexity index is 205. The van der Waals surface area contributed by atoms with E-state index in [1.807, 2.05) is 13.8 Å². The van der Waals surface area contributed by atoms with Gasteiger partial charge >= 0.3 is 0 Å². The smallest absolute Gasteiger partial charge is 0.116 e. The first-order chi connectivity index (χ1) is 8.89. The number of rotatable bonds is 3. The minimum absolute atomic E-state index is 0.404.